The highest BCUT2D eigenvalue weighted by Crippen LogP contribution is 2.44. The molecule has 0 radical (unpaired) electrons. The smallest absolute Gasteiger partial charge is 0.224 e. The summed E-state index contributed by atoms with van der Waals surface area (Å²) in [6.45, 7) is 4.97. The molecule has 1 heterocycles. The van der Waals surface area contributed by atoms with Crippen LogP contribution in [0, 0.1) is 0 Å². The van der Waals surface area contributed by atoms with Gasteiger partial charge in [0, 0.05) is 29.8 Å². The molecule has 0 aromatic heterocycles. The summed E-state index contributed by atoms with van der Waals surface area (Å²) in [5.41, 5.74) is 2.95. The van der Waals surface area contributed by atoms with Crippen molar-refractivity contribution in [2.24, 2.45) is 0 Å². The molecule has 2 aromatic rings. The monoisotopic (exact) mass is 390 g/mol. The van der Waals surface area contributed by atoms with E-state index in [-0.39, 0.29) is 11.9 Å². The predicted octanol–water partition coefficient (Wildman–Crippen LogP) is 6.24. The third-order valence-electron chi connectivity index (χ3n) is 5.12. The Morgan fingerprint density at radius 2 is 1.96 bits per heavy atom. The summed E-state index contributed by atoms with van der Waals surface area (Å²) in [5.74, 6) is -0.0297. The van der Waals surface area contributed by atoms with Gasteiger partial charge in [-0.05, 0) is 44.0 Å². The van der Waals surface area contributed by atoms with Gasteiger partial charge in [0.05, 0.1) is 10.0 Å². The van der Waals surface area contributed by atoms with Gasteiger partial charge >= 0.3 is 0 Å². The summed E-state index contributed by atoms with van der Waals surface area (Å²) >= 11 is 12.9. The number of hydrogen-bond donors (Lipinski definition) is 1. The average Bonchev–Trinajstić information content (AvgIpc) is 3.15. The van der Waals surface area contributed by atoms with Crippen molar-refractivity contribution in [2.45, 2.75) is 45.2 Å². The molecule has 138 valence electrons. The lowest BCUT2D eigenvalue weighted by atomic mass is 10.00. The molecule has 1 amide bonds. The number of nitrogens with one attached hydrogen (secondary N) is 1. The van der Waals surface area contributed by atoms with Crippen LogP contribution in [0.1, 0.15) is 56.3 Å². The maximum Gasteiger partial charge on any atom is 0.224 e. The highest BCUT2D eigenvalue weighted by atomic mass is 35.5. The number of halogens is 2. The first kappa shape index (κ1) is 19.2. The third kappa shape index (κ3) is 3.90. The van der Waals surface area contributed by atoms with Crippen molar-refractivity contribution in [3.63, 3.8) is 0 Å². The summed E-state index contributed by atoms with van der Waals surface area (Å²) in [7, 11) is 0. The second kappa shape index (κ2) is 8.43. The van der Waals surface area contributed by atoms with E-state index in [1.54, 1.807) is 6.07 Å². The molecular formula is C21H24Cl2N2O. The molecule has 5 heteroatoms. The van der Waals surface area contributed by atoms with Crippen LogP contribution in [0.5, 0.6) is 0 Å². The summed E-state index contributed by atoms with van der Waals surface area (Å²) in [5, 5.41) is 4.01. The molecule has 0 bridgehead atoms. The van der Waals surface area contributed by atoms with Crippen molar-refractivity contribution in [3.8, 4) is 0 Å². The molecule has 1 aliphatic rings. The molecule has 0 spiro atoms. The number of amides is 1. The van der Waals surface area contributed by atoms with Crippen molar-refractivity contribution in [1.29, 1.82) is 0 Å². The summed E-state index contributed by atoms with van der Waals surface area (Å²) in [4.78, 5) is 14.4. The van der Waals surface area contributed by atoms with Crippen LogP contribution in [0.25, 0.3) is 0 Å². The van der Waals surface area contributed by atoms with E-state index in [1.807, 2.05) is 19.1 Å². The van der Waals surface area contributed by atoms with E-state index in [1.165, 1.54) is 5.56 Å². The first-order valence-electron chi connectivity index (χ1n) is 9.11. The second-order valence-electron chi connectivity index (χ2n) is 6.71. The zero-order valence-corrected chi connectivity index (χ0v) is 16.6. The molecule has 2 aromatic carbocycles. The first-order valence-corrected chi connectivity index (χ1v) is 9.87. The van der Waals surface area contributed by atoms with Crippen LogP contribution in [0.4, 0.5) is 5.69 Å². The Morgan fingerprint density at radius 1 is 1.23 bits per heavy atom. The Hall–Kier alpha value is -1.55. The Balaban J connectivity index is 1.97. The number of nitrogens with zero attached hydrogens (tertiary/aromatic N) is 1. The van der Waals surface area contributed by atoms with Crippen LogP contribution in [0.3, 0.4) is 0 Å². The normalized spacial score (nSPS) is 18.7. The van der Waals surface area contributed by atoms with Crippen molar-refractivity contribution < 1.29 is 4.79 Å². The molecule has 0 saturated carbocycles. The molecule has 0 aliphatic carbocycles. The Bertz CT molecular complexity index is 779. The average molecular weight is 391 g/mol. The van der Waals surface area contributed by atoms with Gasteiger partial charge in [-0.15, -0.1) is 0 Å². The summed E-state index contributed by atoms with van der Waals surface area (Å²) in [6, 6.07) is 14.5. The number of hydrogen-bond acceptors (Lipinski definition) is 2. The fraction of sp³-hybridized carbons (Fsp3) is 0.381. The predicted molar refractivity (Wildman–Crippen MR) is 109 cm³/mol. The summed E-state index contributed by atoms with van der Waals surface area (Å²) < 4.78 is 0. The maximum absolute atomic E-state index is 12.0. The van der Waals surface area contributed by atoms with Gasteiger partial charge in [-0.2, -0.15) is 0 Å². The molecular weight excluding hydrogens is 367 g/mol. The van der Waals surface area contributed by atoms with Gasteiger partial charge in [-0.25, -0.2) is 0 Å². The third-order valence-corrected chi connectivity index (χ3v) is 5.94. The second-order valence-corrected chi connectivity index (χ2v) is 7.49. The van der Waals surface area contributed by atoms with Gasteiger partial charge in [-0.3, -0.25) is 9.69 Å². The van der Waals surface area contributed by atoms with Gasteiger partial charge in [0.15, 0.2) is 0 Å². The van der Waals surface area contributed by atoms with Crippen molar-refractivity contribution >= 4 is 34.8 Å². The Kier molecular flexibility index (Phi) is 6.23. The maximum atomic E-state index is 12.0. The quantitative estimate of drug-likeness (QED) is 0.654. The molecule has 1 fully saturated rings. The molecule has 3 rings (SSSR count). The van der Waals surface area contributed by atoms with Crippen LogP contribution in [-0.2, 0) is 4.79 Å². The summed E-state index contributed by atoms with van der Waals surface area (Å²) in [6.07, 6.45) is 2.67. The zero-order chi connectivity index (χ0) is 18.7. The van der Waals surface area contributed by atoms with E-state index in [0.29, 0.717) is 22.5 Å². The number of likely N-dealkylation sites (tertiary alicyclic amines) is 1. The van der Waals surface area contributed by atoms with Crippen molar-refractivity contribution in [2.75, 3.05) is 11.9 Å². The number of benzene rings is 2. The number of anilines is 1. The number of carbonyl (C=O) groups excluding carboxylic acids is 1. The van der Waals surface area contributed by atoms with Gasteiger partial charge in [0.25, 0.3) is 0 Å². The standard InChI is InChI=1S/C21H24Cl2N2O/c1-3-19(26)24-17-12-11-16(22)21(23)20(17)14(2)25-13-7-10-18(25)15-8-5-4-6-9-15/h4-6,8-9,11-12,14,18H,3,7,10,13H2,1-2H3,(H,24,26). The fourth-order valence-electron chi connectivity index (χ4n) is 3.77. The lowest BCUT2D eigenvalue weighted by Crippen LogP contribution is -2.28. The molecule has 26 heavy (non-hydrogen) atoms. The SMILES string of the molecule is CCC(=O)Nc1ccc(Cl)c(Cl)c1C(C)N1CCCC1c1ccccc1. The van der Waals surface area contributed by atoms with E-state index in [0.717, 1.165) is 30.6 Å². The molecule has 3 nitrogen and oxygen atoms in total. The lowest BCUT2D eigenvalue weighted by Gasteiger charge is -2.33. The minimum Gasteiger partial charge on any atom is -0.326 e. The minimum atomic E-state index is -0.0297. The van der Waals surface area contributed by atoms with E-state index in [4.69, 9.17) is 23.2 Å². The van der Waals surface area contributed by atoms with Crippen molar-refractivity contribution in [3.05, 3.63) is 63.6 Å². The topological polar surface area (TPSA) is 32.3 Å². The highest BCUT2D eigenvalue weighted by molar-refractivity contribution is 6.42. The van der Waals surface area contributed by atoms with Crippen LogP contribution >= 0.6 is 23.2 Å². The van der Waals surface area contributed by atoms with Crippen LogP contribution in [-0.4, -0.2) is 17.4 Å². The minimum absolute atomic E-state index is 0.0297. The van der Waals surface area contributed by atoms with Crippen LogP contribution in [0.15, 0.2) is 42.5 Å². The van der Waals surface area contributed by atoms with Gasteiger partial charge in [0.1, 0.15) is 0 Å². The molecule has 2 unspecified atom stereocenters. The Morgan fingerprint density at radius 3 is 2.65 bits per heavy atom. The molecule has 1 saturated heterocycles. The number of carbonyl (C=O) groups is 1. The van der Waals surface area contributed by atoms with Crippen LogP contribution < -0.4 is 5.32 Å². The highest BCUT2D eigenvalue weighted by Gasteiger charge is 2.32. The molecule has 2 atom stereocenters. The van der Waals surface area contributed by atoms with E-state index < -0.39 is 0 Å². The Labute approximate surface area is 165 Å². The number of rotatable bonds is 5. The van der Waals surface area contributed by atoms with Gasteiger partial charge in [-0.1, -0.05) is 60.5 Å². The van der Waals surface area contributed by atoms with Gasteiger partial charge < -0.3 is 5.32 Å². The largest absolute Gasteiger partial charge is 0.326 e. The van der Waals surface area contributed by atoms with Crippen LogP contribution in [0.2, 0.25) is 10.0 Å². The lowest BCUT2D eigenvalue weighted by molar-refractivity contribution is -0.115. The van der Waals surface area contributed by atoms with E-state index in [2.05, 4.69) is 41.4 Å². The fourth-order valence-corrected chi connectivity index (χ4v) is 4.26. The first-order chi connectivity index (χ1) is 12.5. The van der Waals surface area contributed by atoms with Gasteiger partial charge in [0.2, 0.25) is 5.91 Å². The molecule has 1 aliphatic heterocycles. The zero-order valence-electron chi connectivity index (χ0n) is 15.1. The molecule has 1 N–H and O–H groups in total. The van der Waals surface area contributed by atoms with E-state index in [9.17, 15) is 4.79 Å². The van der Waals surface area contributed by atoms with E-state index >= 15 is 0 Å². The van der Waals surface area contributed by atoms with Crippen molar-refractivity contribution in [1.82, 2.24) is 4.90 Å².